The Bertz CT molecular complexity index is 515. The van der Waals surface area contributed by atoms with E-state index < -0.39 is 0 Å². The van der Waals surface area contributed by atoms with E-state index in [9.17, 15) is 0 Å². The van der Waals surface area contributed by atoms with Crippen molar-refractivity contribution in [3.05, 3.63) is 83.6 Å². The summed E-state index contributed by atoms with van der Waals surface area (Å²) in [6.45, 7) is 1.68. The molecule has 2 aromatic carbocycles. The van der Waals surface area contributed by atoms with Crippen molar-refractivity contribution < 1.29 is 5.11 Å². The fourth-order valence-electron chi connectivity index (χ4n) is 2.62. The quantitative estimate of drug-likeness (QED) is 0.843. The van der Waals surface area contributed by atoms with Gasteiger partial charge in [-0.2, -0.15) is 0 Å². The van der Waals surface area contributed by atoms with E-state index in [1.807, 2.05) is 12.1 Å². The van der Waals surface area contributed by atoms with Gasteiger partial charge < -0.3 is 5.11 Å². The second-order valence-electron chi connectivity index (χ2n) is 4.92. The van der Waals surface area contributed by atoms with E-state index in [4.69, 9.17) is 5.11 Å². The predicted octanol–water partition coefficient (Wildman–Crippen LogP) is 3.53. The number of likely N-dealkylation sites (tertiary alicyclic amines) is 1. The van der Waals surface area contributed by atoms with Gasteiger partial charge in [0.25, 0.3) is 0 Å². The van der Waals surface area contributed by atoms with Crippen LogP contribution in [0.15, 0.2) is 72.5 Å². The molecule has 0 atom stereocenters. The van der Waals surface area contributed by atoms with Crippen LogP contribution in [0.5, 0.6) is 0 Å². The summed E-state index contributed by atoms with van der Waals surface area (Å²) in [5.41, 5.74) is 3.69. The standard InChI is InChI=1S/C17H17NO/c19-13-14-11-18(12-14)17(15-7-3-1-4-8-15)16-9-5-2-6-10-16/h1-10,13,17,19H,11-12H2. The van der Waals surface area contributed by atoms with E-state index >= 15 is 0 Å². The summed E-state index contributed by atoms with van der Waals surface area (Å²) in [5.74, 6) is 0. The van der Waals surface area contributed by atoms with Crippen LogP contribution in [0.4, 0.5) is 0 Å². The molecule has 96 valence electrons. The van der Waals surface area contributed by atoms with Crippen LogP contribution in [0.3, 0.4) is 0 Å². The zero-order chi connectivity index (χ0) is 13.1. The molecule has 2 aromatic rings. The largest absolute Gasteiger partial charge is 0.516 e. The number of benzene rings is 2. The summed E-state index contributed by atoms with van der Waals surface area (Å²) in [5, 5.41) is 9.04. The number of hydrogen-bond acceptors (Lipinski definition) is 2. The van der Waals surface area contributed by atoms with E-state index in [1.165, 1.54) is 17.4 Å². The highest BCUT2D eigenvalue weighted by atomic mass is 16.2. The lowest BCUT2D eigenvalue weighted by Gasteiger charge is -2.40. The highest BCUT2D eigenvalue weighted by molar-refractivity contribution is 5.34. The molecule has 1 aliphatic rings. The Labute approximate surface area is 113 Å². The zero-order valence-electron chi connectivity index (χ0n) is 10.7. The summed E-state index contributed by atoms with van der Waals surface area (Å²) in [7, 11) is 0. The molecule has 1 heterocycles. The van der Waals surface area contributed by atoms with Gasteiger partial charge in [-0.3, -0.25) is 4.90 Å². The smallest absolute Gasteiger partial charge is 0.0809 e. The van der Waals surface area contributed by atoms with Gasteiger partial charge in [0.2, 0.25) is 0 Å². The van der Waals surface area contributed by atoms with Crippen LogP contribution in [0.2, 0.25) is 0 Å². The number of aliphatic hydroxyl groups excluding tert-OH is 1. The first-order valence-electron chi connectivity index (χ1n) is 6.54. The third kappa shape index (κ3) is 2.40. The van der Waals surface area contributed by atoms with E-state index in [0.29, 0.717) is 0 Å². The summed E-state index contributed by atoms with van der Waals surface area (Å²) in [4.78, 5) is 2.37. The molecule has 0 amide bonds. The number of nitrogens with zero attached hydrogens (tertiary/aromatic N) is 1. The van der Waals surface area contributed by atoms with Crippen LogP contribution in [-0.2, 0) is 0 Å². The Morgan fingerprint density at radius 2 is 1.32 bits per heavy atom. The third-order valence-corrected chi connectivity index (χ3v) is 3.59. The first-order valence-corrected chi connectivity index (χ1v) is 6.54. The van der Waals surface area contributed by atoms with Gasteiger partial charge in [0, 0.05) is 13.1 Å². The van der Waals surface area contributed by atoms with Crippen molar-refractivity contribution in [2.45, 2.75) is 6.04 Å². The van der Waals surface area contributed by atoms with E-state index in [1.54, 1.807) is 0 Å². The summed E-state index contributed by atoms with van der Waals surface area (Å²) < 4.78 is 0. The minimum Gasteiger partial charge on any atom is -0.516 e. The fraction of sp³-hybridized carbons (Fsp3) is 0.176. The molecule has 3 rings (SSSR count). The monoisotopic (exact) mass is 251 g/mol. The molecule has 2 heteroatoms. The van der Waals surface area contributed by atoms with Crippen LogP contribution in [0.25, 0.3) is 0 Å². The number of rotatable bonds is 3. The van der Waals surface area contributed by atoms with Gasteiger partial charge in [-0.1, -0.05) is 60.7 Å². The first kappa shape index (κ1) is 12.0. The Kier molecular flexibility index (Phi) is 3.34. The molecule has 1 fully saturated rings. The van der Waals surface area contributed by atoms with Gasteiger partial charge in [-0.15, -0.1) is 0 Å². The molecule has 0 saturated carbocycles. The Hall–Kier alpha value is -2.06. The number of aliphatic hydroxyl groups is 1. The maximum Gasteiger partial charge on any atom is 0.0809 e. The zero-order valence-corrected chi connectivity index (χ0v) is 10.7. The molecule has 2 nitrogen and oxygen atoms in total. The number of hydrogen-bond donors (Lipinski definition) is 1. The lowest BCUT2D eigenvalue weighted by molar-refractivity contribution is 0.195. The molecule has 0 aliphatic carbocycles. The predicted molar refractivity (Wildman–Crippen MR) is 77.0 cm³/mol. The fourth-order valence-corrected chi connectivity index (χ4v) is 2.62. The summed E-state index contributed by atoms with van der Waals surface area (Å²) >= 11 is 0. The average Bonchev–Trinajstić information content (AvgIpc) is 2.44. The van der Waals surface area contributed by atoms with Crippen molar-refractivity contribution in [3.8, 4) is 0 Å². The van der Waals surface area contributed by atoms with Gasteiger partial charge in [0.05, 0.1) is 12.3 Å². The molecule has 19 heavy (non-hydrogen) atoms. The molecule has 1 N–H and O–H groups in total. The van der Waals surface area contributed by atoms with Crippen molar-refractivity contribution >= 4 is 0 Å². The van der Waals surface area contributed by atoms with Gasteiger partial charge in [-0.25, -0.2) is 0 Å². The van der Waals surface area contributed by atoms with Crippen LogP contribution in [0, 0.1) is 0 Å². The summed E-state index contributed by atoms with van der Waals surface area (Å²) in [6.07, 6.45) is 1.24. The molecular weight excluding hydrogens is 234 g/mol. The molecule has 0 bridgehead atoms. The van der Waals surface area contributed by atoms with E-state index in [-0.39, 0.29) is 6.04 Å². The highest BCUT2D eigenvalue weighted by Gasteiger charge is 2.29. The molecular formula is C17H17NO. The second kappa shape index (κ2) is 5.29. The van der Waals surface area contributed by atoms with Crippen molar-refractivity contribution in [1.82, 2.24) is 4.90 Å². The molecule has 0 spiro atoms. The minimum absolute atomic E-state index is 0.270. The van der Waals surface area contributed by atoms with Crippen LogP contribution in [0.1, 0.15) is 17.2 Å². The lowest BCUT2D eigenvalue weighted by atomic mass is 9.93. The molecule has 1 aliphatic heterocycles. The maximum absolute atomic E-state index is 9.04. The van der Waals surface area contributed by atoms with E-state index in [2.05, 4.69) is 53.4 Å². The maximum atomic E-state index is 9.04. The molecule has 0 unspecified atom stereocenters. The van der Waals surface area contributed by atoms with Gasteiger partial charge >= 0.3 is 0 Å². The molecule has 0 radical (unpaired) electrons. The van der Waals surface area contributed by atoms with Gasteiger partial charge in [0.15, 0.2) is 0 Å². The van der Waals surface area contributed by atoms with Crippen molar-refractivity contribution in [3.63, 3.8) is 0 Å². The van der Waals surface area contributed by atoms with Gasteiger partial charge in [-0.05, 0) is 16.7 Å². The molecule has 0 aromatic heterocycles. The lowest BCUT2D eigenvalue weighted by Crippen LogP contribution is -2.43. The third-order valence-electron chi connectivity index (χ3n) is 3.59. The van der Waals surface area contributed by atoms with Crippen molar-refractivity contribution in [1.29, 1.82) is 0 Å². The topological polar surface area (TPSA) is 23.5 Å². The SMILES string of the molecule is OC=C1CN(C(c2ccccc2)c2ccccc2)C1. The van der Waals surface area contributed by atoms with Crippen molar-refractivity contribution in [2.24, 2.45) is 0 Å². The van der Waals surface area contributed by atoms with E-state index in [0.717, 1.165) is 18.7 Å². The van der Waals surface area contributed by atoms with Crippen LogP contribution >= 0.6 is 0 Å². The average molecular weight is 251 g/mol. The van der Waals surface area contributed by atoms with Crippen molar-refractivity contribution in [2.75, 3.05) is 13.1 Å². The first-order chi connectivity index (χ1) is 9.38. The Morgan fingerprint density at radius 1 is 0.842 bits per heavy atom. The minimum atomic E-state index is 0.270. The second-order valence-corrected chi connectivity index (χ2v) is 4.92. The Balaban J connectivity index is 1.93. The highest BCUT2D eigenvalue weighted by Crippen LogP contribution is 2.33. The van der Waals surface area contributed by atoms with Crippen LogP contribution in [-0.4, -0.2) is 23.1 Å². The molecule has 1 saturated heterocycles. The van der Waals surface area contributed by atoms with Gasteiger partial charge in [0.1, 0.15) is 0 Å². The van der Waals surface area contributed by atoms with Crippen LogP contribution < -0.4 is 0 Å². The normalized spacial score (nSPS) is 15.3. The summed E-state index contributed by atoms with van der Waals surface area (Å²) in [6, 6.07) is 21.3. The Morgan fingerprint density at radius 3 is 1.74 bits per heavy atom.